The molecule has 0 radical (unpaired) electrons. The van der Waals surface area contributed by atoms with Crippen LogP contribution in [0.5, 0.6) is 11.5 Å². The van der Waals surface area contributed by atoms with Gasteiger partial charge < -0.3 is 14.8 Å². The van der Waals surface area contributed by atoms with Gasteiger partial charge in [-0.3, -0.25) is 14.9 Å². The number of nitrogens with one attached hydrogen (secondary N) is 1. The van der Waals surface area contributed by atoms with Crippen molar-refractivity contribution in [1.82, 2.24) is 0 Å². The van der Waals surface area contributed by atoms with Crippen LogP contribution >= 0.6 is 0 Å². The highest BCUT2D eigenvalue weighted by Gasteiger charge is 2.17. The smallest absolute Gasteiger partial charge is 0.271 e. The molecule has 142 valence electrons. The van der Waals surface area contributed by atoms with Crippen LogP contribution in [0.3, 0.4) is 0 Å². The van der Waals surface area contributed by atoms with Crippen LogP contribution < -0.4 is 14.8 Å². The Labute approximate surface area is 161 Å². The van der Waals surface area contributed by atoms with Crippen molar-refractivity contribution in [3.63, 3.8) is 0 Å². The number of ether oxygens (including phenoxy) is 2. The lowest BCUT2D eigenvalue weighted by Gasteiger charge is -2.13. The Kier molecular flexibility index (Phi) is 5.86. The molecule has 0 saturated carbocycles. The van der Waals surface area contributed by atoms with Crippen molar-refractivity contribution in [2.24, 2.45) is 0 Å². The van der Waals surface area contributed by atoms with Crippen molar-refractivity contribution in [2.75, 3.05) is 12.4 Å². The number of non-ortho nitro benzene ring substituents is 1. The molecule has 0 fully saturated rings. The number of nitro benzene ring substituents is 1. The number of hydrogen-bond acceptors (Lipinski definition) is 5. The SMILES string of the molecule is COc1ccc([N+](=O)[O-])cc1NC(=O)c1ccccc1OCc1ccccc1. The Morgan fingerprint density at radius 3 is 2.43 bits per heavy atom. The zero-order valence-electron chi connectivity index (χ0n) is 15.1. The summed E-state index contributed by atoms with van der Waals surface area (Å²) in [6, 6.07) is 20.4. The number of rotatable bonds is 7. The molecule has 0 aromatic heterocycles. The molecular weight excluding hydrogens is 360 g/mol. The van der Waals surface area contributed by atoms with Crippen molar-refractivity contribution in [3.8, 4) is 11.5 Å². The summed E-state index contributed by atoms with van der Waals surface area (Å²) in [4.78, 5) is 23.3. The van der Waals surface area contributed by atoms with Gasteiger partial charge in [0.15, 0.2) is 0 Å². The Hall–Kier alpha value is -3.87. The maximum atomic E-state index is 12.8. The van der Waals surface area contributed by atoms with E-state index in [9.17, 15) is 14.9 Å². The third-order valence-electron chi connectivity index (χ3n) is 4.01. The van der Waals surface area contributed by atoms with Crippen LogP contribution in [0.15, 0.2) is 72.8 Å². The highest BCUT2D eigenvalue weighted by Crippen LogP contribution is 2.30. The van der Waals surface area contributed by atoms with Crippen molar-refractivity contribution in [2.45, 2.75) is 6.61 Å². The van der Waals surface area contributed by atoms with Gasteiger partial charge in [-0.05, 0) is 23.8 Å². The fourth-order valence-electron chi connectivity index (χ4n) is 2.61. The summed E-state index contributed by atoms with van der Waals surface area (Å²) in [6.07, 6.45) is 0. The first-order valence-electron chi connectivity index (χ1n) is 8.48. The quantitative estimate of drug-likeness (QED) is 0.485. The first kappa shape index (κ1) is 18.9. The van der Waals surface area contributed by atoms with E-state index in [4.69, 9.17) is 9.47 Å². The third kappa shape index (κ3) is 4.45. The predicted octanol–water partition coefficient (Wildman–Crippen LogP) is 4.43. The molecule has 0 aliphatic heterocycles. The molecule has 7 nitrogen and oxygen atoms in total. The summed E-state index contributed by atoms with van der Waals surface area (Å²) in [7, 11) is 1.42. The van der Waals surface area contributed by atoms with Crippen LogP contribution in [0, 0.1) is 10.1 Å². The number of carbonyl (C=O) groups excluding carboxylic acids is 1. The van der Waals surface area contributed by atoms with E-state index in [2.05, 4.69) is 5.32 Å². The normalized spacial score (nSPS) is 10.2. The summed E-state index contributed by atoms with van der Waals surface area (Å²) in [5.74, 6) is 0.275. The van der Waals surface area contributed by atoms with E-state index in [0.717, 1.165) is 5.56 Å². The number of nitro groups is 1. The Balaban J connectivity index is 1.82. The van der Waals surface area contributed by atoms with Crippen LogP contribution in [0.2, 0.25) is 0 Å². The number of anilines is 1. The van der Waals surface area contributed by atoms with E-state index < -0.39 is 10.8 Å². The fraction of sp³-hybridized carbons (Fsp3) is 0.0952. The van der Waals surface area contributed by atoms with Crippen LogP contribution in [0.25, 0.3) is 0 Å². The molecule has 1 amide bonds. The molecule has 0 spiro atoms. The van der Waals surface area contributed by atoms with Gasteiger partial charge in [0.05, 0.1) is 23.3 Å². The second kappa shape index (κ2) is 8.68. The number of benzene rings is 3. The van der Waals surface area contributed by atoms with Gasteiger partial charge in [-0.2, -0.15) is 0 Å². The average Bonchev–Trinajstić information content (AvgIpc) is 2.73. The predicted molar refractivity (Wildman–Crippen MR) is 105 cm³/mol. The van der Waals surface area contributed by atoms with E-state index in [-0.39, 0.29) is 11.4 Å². The highest BCUT2D eigenvalue weighted by atomic mass is 16.6. The molecule has 28 heavy (non-hydrogen) atoms. The molecule has 0 saturated heterocycles. The topological polar surface area (TPSA) is 90.7 Å². The zero-order chi connectivity index (χ0) is 19.9. The number of nitrogens with zero attached hydrogens (tertiary/aromatic N) is 1. The minimum absolute atomic E-state index is 0.148. The minimum Gasteiger partial charge on any atom is -0.495 e. The Morgan fingerprint density at radius 1 is 1.00 bits per heavy atom. The highest BCUT2D eigenvalue weighted by molar-refractivity contribution is 6.07. The lowest BCUT2D eigenvalue weighted by Crippen LogP contribution is -2.14. The Bertz CT molecular complexity index is 989. The average molecular weight is 378 g/mol. The molecule has 3 aromatic carbocycles. The molecular formula is C21H18N2O5. The van der Waals surface area contributed by atoms with Crippen molar-refractivity contribution < 1.29 is 19.2 Å². The van der Waals surface area contributed by atoms with Gasteiger partial charge in [0.25, 0.3) is 11.6 Å². The van der Waals surface area contributed by atoms with E-state index in [1.165, 1.54) is 25.3 Å². The molecule has 0 aliphatic carbocycles. The van der Waals surface area contributed by atoms with Gasteiger partial charge in [-0.15, -0.1) is 0 Å². The number of para-hydroxylation sites is 1. The van der Waals surface area contributed by atoms with E-state index >= 15 is 0 Å². The van der Waals surface area contributed by atoms with Gasteiger partial charge in [0.2, 0.25) is 0 Å². The third-order valence-corrected chi connectivity index (χ3v) is 4.01. The number of methoxy groups -OCH3 is 1. The molecule has 0 heterocycles. The number of amides is 1. The van der Waals surface area contributed by atoms with Crippen LogP contribution in [-0.2, 0) is 6.61 Å². The molecule has 3 rings (SSSR count). The van der Waals surface area contributed by atoms with Crippen LogP contribution in [0.4, 0.5) is 11.4 Å². The Morgan fingerprint density at radius 2 is 1.71 bits per heavy atom. The molecule has 0 atom stereocenters. The molecule has 0 unspecified atom stereocenters. The lowest BCUT2D eigenvalue weighted by atomic mass is 10.1. The van der Waals surface area contributed by atoms with Crippen LogP contribution in [0.1, 0.15) is 15.9 Å². The summed E-state index contributed by atoms with van der Waals surface area (Å²) in [5.41, 5.74) is 1.34. The van der Waals surface area contributed by atoms with Crippen molar-refractivity contribution in [3.05, 3.63) is 94.0 Å². The van der Waals surface area contributed by atoms with Gasteiger partial charge in [-0.25, -0.2) is 0 Å². The van der Waals surface area contributed by atoms with Crippen molar-refractivity contribution in [1.29, 1.82) is 0 Å². The number of carbonyl (C=O) groups is 1. The molecule has 1 N–H and O–H groups in total. The van der Waals surface area contributed by atoms with E-state index in [1.54, 1.807) is 24.3 Å². The summed E-state index contributed by atoms with van der Waals surface area (Å²) < 4.78 is 11.0. The molecule has 3 aromatic rings. The zero-order valence-corrected chi connectivity index (χ0v) is 15.1. The van der Waals surface area contributed by atoms with Crippen LogP contribution in [-0.4, -0.2) is 17.9 Å². The van der Waals surface area contributed by atoms with Gasteiger partial charge >= 0.3 is 0 Å². The first-order chi connectivity index (χ1) is 13.6. The summed E-state index contributed by atoms with van der Waals surface area (Å²) in [5, 5.41) is 13.7. The number of hydrogen-bond donors (Lipinski definition) is 1. The summed E-state index contributed by atoms with van der Waals surface area (Å²) >= 11 is 0. The maximum Gasteiger partial charge on any atom is 0.271 e. The first-order valence-corrected chi connectivity index (χ1v) is 8.48. The second-order valence-corrected chi connectivity index (χ2v) is 5.87. The maximum absolute atomic E-state index is 12.8. The van der Waals surface area contributed by atoms with Crippen molar-refractivity contribution >= 4 is 17.3 Å². The van der Waals surface area contributed by atoms with E-state index in [0.29, 0.717) is 23.7 Å². The summed E-state index contributed by atoms with van der Waals surface area (Å²) in [6.45, 7) is 0.311. The van der Waals surface area contributed by atoms with Gasteiger partial charge in [-0.1, -0.05) is 42.5 Å². The minimum atomic E-state index is -0.536. The van der Waals surface area contributed by atoms with Gasteiger partial charge in [0, 0.05) is 12.1 Å². The monoisotopic (exact) mass is 378 g/mol. The second-order valence-electron chi connectivity index (χ2n) is 5.87. The molecule has 0 bridgehead atoms. The molecule has 7 heteroatoms. The fourth-order valence-corrected chi connectivity index (χ4v) is 2.61. The standard InChI is InChI=1S/C21H18N2O5/c1-27-20-12-11-16(23(25)26)13-18(20)22-21(24)17-9-5-6-10-19(17)28-14-15-7-3-2-4-8-15/h2-13H,14H2,1H3,(H,22,24). The molecule has 0 aliphatic rings. The lowest BCUT2D eigenvalue weighted by molar-refractivity contribution is -0.384. The van der Waals surface area contributed by atoms with Gasteiger partial charge in [0.1, 0.15) is 18.1 Å². The largest absolute Gasteiger partial charge is 0.495 e. The van der Waals surface area contributed by atoms with E-state index in [1.807, 2.05) is 30.3 Å².